The van der Waals surface area contributed by atoms with E-state index in [-0.39, 0.29) is 5.91 Å². The number of carbonyl (C=O) groups is 1. The van der Waals surface area contributed by atoms with Gasteiger partial charge in [0.1, 0.15) is 0 Å². The summed E-state index contributed by atoms with van der Waals surface area (Å²) in [4.78, 5) is 15.1. The maximum absolute atomic E-state index is 10.8. The molecule has 0 bridgehead atoms. The van der Waals surface area contributed by atoms with Gasteiger partial charge in [-0.25, -0.2) is 0 Å². The Kier molecular flexibility index (Phi) is 2.90. The molecule has 0 aliphatic heterocycles. The van der Waals surface area contributed by atoms with Crippen molar-refractivity contribution in [1.82, 2.24) is 14.9 Å². The number of aryl methyl sites for hydroxylation is 1. The first-order valence-corrected chi connectivity index (χ1v) is 5.32. The van der Waals surface area contributed by atoms with Gasteiger partial charge in [-0.15, -0.1) is 0 Å². The molecule has 2 aromatic heterocycles. The minimum atomic E-state index is 0.00759. The molecule has 0 saturated heterocycles. The molecule has 0 radical (unpaired) electrons. The van der Waals surface area contributed by atoms with Crippen molar-refractivity contribution < 1.29 is 4.79 Å². The molecule has 4 heteroatoms. The molecule has 2 aromatic rings. The van der Waals surface area contributed by atoms with Crippen molar-refractivity contribution in [1.29, 1.82) is 0 Å². The van der Waals surface area contributed by atoms with Gasteiger partial charge in [-0.1, -0.05) is 0 Å². The van der Waals surface area contributed by atoms with E-state index in [1.807, 2.05) is 19.2 Å². The molecule has 16 heavy (non-hydrogen) atoms. The number of amides is 1. The van der Waals surface area contributed by atoms with Crippen molar-refractivity contribution in [3.05, 3.63) is 30.1 Å². The molecule has 0 spiro atoms. The zero-order chi connectivity index (χ0) is 11.5. The third kappa shape index (κ3) is 2.05. The first-order chi connectivity index (χ1) is 7.68. The molecule has 1 N–H and O–H groups in total. The van der Waals surface area contributed by atoms with Gasteiger partial charge in [-0.2, -0.15) is 0 Å². The summed E-state index contributed by atoms with van der Waals surface area (Å²) in [6.07, 6.45) is 4.68. The molecule has 0 aliphatic rings. The van der Waals surface area contributed by atoms with Gasteiger partial charge < -0.3 is 9.88 Å². The van der Waals surface area contributed by atoms with E-state index in [4.69, 9.17) is 0 Å². The van der Waals surface area contributed by atoms with E-state index in [0.29, 0.717) is 6.54 Å². The highest BCUT2D eigenvalue weighted by atomic mass is 16.1. The van der Waals surface area contributed by atoms with Gasteiger partial charge in [0.25, 0.3) is 0 Å². The van der Waals surface area contributed by atoms with Crippen LogP contribution < -0.4 is 5.32 Å². The van der Waals surface area contributed by atoms with E-state index >= 15 is 0 Å². The summed E-state index contributed by atoms with van der Waals surface area (Å²) in [5, 5.41) is 2.79. The van der Waals surface area contributed by atoms with Gasteiger partial charge in [-0.3, -0.25) is 9.78 Å². The Morgan fingerprint density at radius 1 is 1.56 bits per heavy atom. The zero-order valence-electron chi connectivity index (χ0n) is 9.53. The predicted octanol–water partition coefficient (Wildman–Crippen LogP) is 1.25. The second kappa shape index (κ2) is 4.35. The van der Waals surface area contributed by atoms with Crippen LogP contribution in [-0.2, 0) is 18.3 Å². The Labute approximate surface area is 94.3 Å². The normalized spacial score (nSPS) is 10.6. The van der Waals surface area contributed by atoms with Crippen LogP contribution in [0.1, 0.15) is 12.5 Å². The van der Waals surface area contributed by atoms with Crippen molar-refractivity contribution in [2.75, 3.05) is 6.54 Å². The first-order valence-electron chi connectivity index (χ1n) is 5.32. The molecule has 0 aromatic carbocycles. The van der Waals surface area contributed by atoms with Gasteiger partial charge in [0, 0.05) is 32.9 Å². The van der Waals surface area contributed by atoms with E-state index in [2.05, 4.69) is 21.1 Å². The quantitative estimate of drug-likeness (QED) is 0.841. The zero-order valence-corrected chi connectivity index (χ0v) is 9.53. The Morgan fingerprint density at radius 3 is 3.12 bits per heavy atom. The van der Waals surface area contributed by atoms with E-state index in [0.717, 1.165) is 17.5 Å². The number of nitrogens with zero attached hydrogens (tertiary/aromatic N) is 2. The number of rotatable bonds is 3. The molecule has 2 rings (SSSR count). The minimum Gasteiger partial charge on any atom is -0.356 e. The second-order valence-corrected chi connectivity index (χ2v) is 3.87. The summed E-state index contributed by atoms with van der Waals surface area (Å²) in [6, 6.07) is 3.98. The topological polar surface area (TPSA) is 46.9 Å². The number of carbonyl (C=O) groups excluding carboxylic acids is 1. The third-order valence-electron chi connectivity index (χ3n) is 2.59. The number of hydrogen-bond acceptors (Lipinski definition) is 2. The number of aromatic nitrogens is 2. The van der Waals surface area contributed by atoms with Crippen molar-refractivity contribution in [2.24, 2.45) is 7.05 Å². The van der Waals surface area contributed by atoms with Crippen LogP contribution in [0, 0.1) is 0 Å². The standard InChI is InChI=1S/C12H15N3O/c1-9(16)13-7-5-10-8-15(2)11-4-3-6-14-12(10)11/h3-4,6,8H,5,7H2,1-2H3,(H,13,16). The molecule has 1 amide bonds. The highest BCUT2D eigenvalue weighted by Crippen LogP contribution is 2.17. The summed E-state index contributed by atoms with van der Waals surface area (Å²) in [5.41, 5.74) is 3.32. The number of hydrogen-bond donors (Lipinski definition) is 1. The van der Waals surface area contributed by atoms with Crippen molar-refractivity contribution >= 4 is 16.9 Å². The van der Waals surface area contributed by atoms with Gasteiger partial charge in [0.15, 0.2) is 0 Å². The molecule has 0 aliphatic carbocycles. The molecule has 84 valence electrons. The maximum Gasteiger partial charge on any atom is 0.216 e. The minimum absolute atomic E-state index is 0.00759. The van der Waals surface area contributed by atoms with E-state index in [1.165, 1.54) is 12.5 Å². The highest BCUT2D eigenvalue weighted by Gasteiger charge is 2.06. The fourth-order valence-electron chi connectivity index (χ4n) is 1.85. The van der Waals surface area contributed by atoms with Gasteiger partial charge in [-0.05, 0) is 24.1 Å². The number of nitrogens with one attached hydrogen (secondary N) is 1. The fraction of sp³-hybridized carbons (Fsp3) is 0.333. The van der Waals surface area contributed by atoms with Crippen LogP contribution in [-0.4, -0.2) is 22.0 Å². The van der Waals surface area contributed by atoms with Gasteiger partial charge >= 0.3 is 0 Å². The van der Waals surface area contributed by atoms with Crippen molar-refractivity contribution in [2.45, 2.75) is 13.3 Å². The smallest absolute Gasteiger partial charge is 0.216 e. The highest BCUT2D eigenvalue weighted by molar-refractivity contribution is 5.79. The van der Waals surface area contributed by atoms with Crippen LogP contribution in [0.25, 0.3) is 11.0 Å². The van der Waals surface area contributed by atoms with Crippen LogP contribution >= 0.6 is 0 Å². The molecule has 0 atom stereocenters. The molecule has 0 unspecified atom stereocenters. The van der Waals surface area contributed by atoms with Gasteiger partial charge in [0.05, 0.1) is 11.0 Å². The lowest BCUT2D eigenvalue weighted by Crippen LogP contribution is -2.22. The van der Waals surface area contributed by atoms with Crippen LogP contribution in [0.15, 0.2) is 24.5 Å². The molecular formula is C12H15N3O. The average molecular weight is 217 g/mol. The van der Waals surface area contributed by atoms with Crippen molar-refractivity contribution in [3.63, 3.8) is 0 Å². The van der Waals surface area contributed by atoms with Crippen LogP contribution in [0.5, 0.6) is 0 Å². The summed E-state index contributed by atoms with van der Waals surface area (Å²) < 4.78 is 2.06. The van der Waals surface area contributed by atoms with Crippen molar-refractivity contribution in [3.8, 4) is 0 Å². The Bertz CT molecular complexity index is 516. The molecular weight excluding hydrogens is 202 g/mol. The molecule has 0 saturated carbocycles. The first kappa shape index (κ1) is 10.7. The predicted molar refractivity (Wildman–Crippen MR) is 63.1 cm³/mol. The Hall–Kier alpha value is -1.84. The molecule has 0 fully saturated rings. The lowest BCUT2D eigenvalue weighted by molar-refractivity contribution is -0.118. The van der Waals surface area contributed by atoms with Crippen LogP contribution in [0.3, 0.4) is 0 Å². The third-order valence-corrected chi connectivity index (χ3v) is 2.59. The summed E-state index contributed by atoms with van der Waals surface area (Å²) in [6.45, 7) is 2.19. The Morgan fingerprint density at radius 2 is 2.38 bits per heavy atom. The number of pyridine rings is 1. The maximum atomic E-state index is 10.8. The Balaban J connectivity index is 2.21. The SMILES string of the molecule is CC(=O)NCCc1cn(C)c2cccnc12. The summed E-state index contributed by atoms with van der Waals surface area (Å²) >= 11 is 0. The van der Waals surface area contributed by atoms with Crippen LogP contribution in [0.2, 0.25) is 0 Å². The van der Waals surface area contributed by atoms with Gasteiger partial charge in [0.2, 0.25) is 5.91 Å². The lowest BCUT2D eigenvalue weighted by Gasteiger charge is -1.99. The largest absolute Gasteiger partial charge is 0.356 e. The monoisotopic (exact) mass is 217 g/mol. The average Bonchev–Trinajstić information content (AvgIpc) is 2.57. The van der Waals surface area contributed by atoms with Crippen LogP contribution in [0.4, 0.5) is 0 Å². The second-order valence-electron chi connectivity index (χ2n) is 3.87. The fourth-order valence-corrected chi connectivity index (χ4v) is 1.85. The summed E-state index contributed by atoms with van der Waals surface area (Å²) in [5.74, 6) is 0.00759. The summed E-state index contributed by atoms with van der Waals surface area (Å²) in [7, 11) is 2.01. The number of fused-ring (bicyclic) bond motifs is 1. The van der Waals surface area contributed by atoms with E-state index in [9.17, 15) is 4.79 Å². The van der Waals surface area contributed by atoms with E-state index < -0.39 is 0 Å². The molecule has 2 heterocycles. The molecule has 4 nitrogen and oxygen atoms in total. The lowest BCUT2D eigenvalue weighted by atomic mass is 10.2. The van der Waals surface area contributed by atoms with E-state index in [1.54, 1.807) is 6.20 Å².